The summed E-state index contributed by atoms with van der Waals surface area (Å²) in [7, 11) is 4.63. The van der Waals surface area contributed by atoms with Crippen LogP contribution in [-0.4, -0.2) is 87.3 Å². The summed E-state index contributed by atoms with van der Waals surface area (Å²) in [6, 6.07) is 9.49. The summed E-state index contributed by atoms with van der Waals surface area (Å²) in [6.07, 6.45) is 0. The Balaban J connectivity index is 1.83. The molecule has 192 valence electrons. The van der Waals surface area contributed by atoms with Gasteiger partial charge in [-0.1, -0.05) is 0 Å². The first-order valence-corrected chi connectivity index (χ1v) is 11.8. The third-order valence-corrected chi connectivity index (χ3v) is 6.70. The third-order valence-electron chi connectivity index (χ3n) is 6.70. The monoisotopic (exact) mass is 496 g/mol. The number of methoxy groups -OCH3 is 3. The van der Waals surface area contributed by atoms with E-state index >= 15 is 0 Å². The lowest BCUT2D eigenvalue weighted by Crippen LogP contribution is -2.42. The fraction of sp³-hybridized carbons (Fsp3) is 0.407. The minimum absolute atomic E-state index is 0.0121. The predicted octanol–water partition coefficient (Wildman–Crippen LogP) is 2.77. The number of aliphatic hydroxyl groups is 1. The zero-order chi connectivity index (χ0) is 25.8. The molecular weight excluding hydrogens is 464 g/mol. The zero-order valence-corrected chi connectivity index (χ0v) is 21.1. The lowest BCUT2D eigenvalue weighted by atomic mass is 9.94. The number of hydrogen-bond acceptors (Lipinski definition) is 8. The number of benzene rings is 2. The second-order valence-corrected chi connectivity index (χ2v) is 8.74. The molecule has 2 aromatic carbocycles. The van der Waals surface area contributed by atoms with E-state index in [-0.39, 0.29) is 11.3 Å². The fourth-order valence-electron chi connectivity index (χ4n) is 4.74. The van der Waals surface area contributed by atoms with Crippen LogP contribution in [0.3, 0.4) is 0 Å². The molecule has 0 spiro atoms. The van der Waals surface area contributed by atoms with Crippen LogP contribution in [-0.2, 0) is 14.3 Å². The smallest absolute Gasteiger partial charge is 0.295 e. The Morgan fingerprint density at radius 2 is 1.67 bits per heavy atom. The first kappa shape index (κ1) is 25.5. The van der Waals surface area contributed by atoms with Crippen LogP contribution >= 0.6 is 0 Å². The van der Waals surface area contributed by atoms with Gasteiger partial charge in [-0.2, -0.15) is 0 Å². The van der Waals surface area contributed by atoms with Crippen molar-refractivity contribution in [3.05, 3.63) is 58.7 Å². The molecule has 0 aromatic heterocycles. The summed E-state index contributed by atoms with van der Waals surface area (Å²) in [5.41, 5.74) is 1.79. The molecule has 9 heteroatoms. The summed E-state index contributed by atoms with van der Waals surface area (Å²) in [5, 5.41) is 11.4. The Bertz CT molecular complexity index is 1170. The van der Waals surface area contributed by atoms with Gasteiger partial charge in [-0.3, -0.25) is 14.5 Å². The number of carbonyl (C=O) groups excluding carboxylic acids is 2. The molecule has 36 heavy (non-hydrogen) atoms. The van der Waals surface area contributed by atoms with Crippen molar-refractivity contribution in [1.82, 2.24) is 9.80 Å². The van der Waals surface area contributed by atoms with Crippen molar-refractivity contribution in [3.63, 3.8) is 0 Å². The Morgan fingerprint density at radius 1 is 0.972 bits per heavy atom. The summed E-state index contributed by atoms with van der Waals surface area (Å²) in [5.74, 6) is 0.0369. The van der Waals surface area contributed by atoms with E-state index in [1.807, 2.05) is 6.92 Å². The maximum Gasteiger partial charge on any atom is 0.295 e. The van der Waals surface area contributed by atoms with Crippen LogP contribution in [0.15, 0.2) is 42.0 Å². The highest BCUT2D eigenvalue weighted by molar-refractivity contribution is 6.46. The largest absolute Gasteiger partial charge is 0.507 e. The number of nitrogens with zero attached hydrogens (tertiary/aromatic N) is 2. The third kappa shape index (κ3) is 4.89. The minimum Gasteiger partial charge on any atom is -0.507 e. The number of morpholine rings is 1. The van der Waals surface area contributed by atoms with Gasteiger partial charge in [0.25, 0.3) is 11.7 Å². The molecule has 0 bridgehead atoms. The molecule has 0 radical (unpaired) electrons. The number of hydrogen-bond donors (Lipinski definition) is 1. The van der Waals surface area contributed by atoms with Crippen LogP contribution < -0.4 is 14.2 Å². The highest BCUT2D eigenvalue weighted by atomic mass is 16.5. The summed E-state index contributed by atoms with van der Waals surface area (Å²) < 4.78 is 21.8. The van der Waals surface area contributed by atoms with Gasteiger partial charge < -0.3 is 29.0 Å². The van der Waals surface area contributed by atoms with Gasteiger partial charge in [0.15, 0.2) is 0 Å². The Morgan fingerprint density at radius 3 is 2.31 bits per heavy atom. The molecular formula is C27H32N2O7. The van der Waals surface area contributed by atoms with Crippen LogP contribution in [0.25, 0.3) is 5.76 Å². The summed E-state index contributed by atoms with van der Waals surface area (Å²) >= 11 is 0. The van der Waals surface area contributed by atoms with Crippen molar-refractivity contribution in [2.75, 3.05) is 60.7 Å². The molecule has 4 rings (SSSR count). The number of rotatable bonds is 8. The van der Waals surface area contributed by atoms with Crippen molar-refractivity contribution < 1.29 is 33.6 Å². The zero-order valence-electron chi connectivity index (χ0n) is 21.1. The summed E-state index contributed by atoms with van der Waals surface area (Å²) in [4.78, 5) is 30.4. The van der Waals surface area contributed by atoms with Crippen molar-refractivity contribution >= 4 is 17.4 Å². The number of Topliss-reactive ketones (excluding diaryl/α,β-unsaturated/α-hetero) is 1. The quantitative estimate of drug-likeness (QED) is 0.339. The van der Waals surface area contributed by atoms with Crippen LogP contribution in [0, 0.1) is 6.92 Å². The number of ketones is 1. The van der Waals surface area contributed by atoms with Gasteiger partial charge in [0.1, 0.15) is 23.0 Å². The number of carbonyl (C=O) groups is 2. The van der Waals surface area contributed by atoms with Gasteiger partial charge in [-0.25, -0.2) is 0 Å². The average molecular weight is 497 g/mol. The van der Waals surface area contributed by atoms with Gasteiger partial charge in [0.2, 0.25) is 0 Å². The first-order chi connectivity index (χ1) is 17.4. The molecule has 1 N–H and O–H groups in total. The van der Waals surface area contributed by atoms with E-state index < -0.39 is 17.7 Å². The molecule has 2 aromatic rings. The van der Waals surface area contributed by atoms with Gasteiger partial charge >= 0.3 is 0 Å². The second kappa shape index (κ2) is 11.0. The standard InChI is InChI=1S/C27H32N2O7/c1-17-15-18(5-7-21(17)34-3)25(30)23-24(20-16-19(33-2)6-8-22(20)35-4)29(27(32)26(23)31)10-9-28-11-13-36-14-12-28/h5-8,15-16,24,30H,9-14H2,1-4H3/t24-/m1/s1. The molecule has 1 amide bonds. The molecule has 0 saturated carbocycles. The lowest BCUT2D eigenvalue weighted by molar-refractivity contribution is -0.140. The van der Waals surface area contributed by atoms with Crippen LogP contribution in [0.5, 0.6) is 17.2 Å². The highest BCUT2D eigenvalue weighted by Gasteiger charge is 2.47. The van der Waals surface area contributed by atoms with Gasteiger partial charge in [0, 0.05) is 37.3 Å². The molecule has 0 aliphatic carbocycles. The van der Waals surface area contributed by atoms with E-state index in [4.69, 9.17) is 18.9 Å². The molecule has 2 aliphatic rings. The Hall–Kier alpha value is -3.56. The molecule has 1 atom stereocenters. The molecule has 2 aliphatic heterocycles. The van der Waals surface area contributed by atoms with Crippen molar-refractivity contribution in [3.8, 4) is 17.2 Å². The first-order valence-electron chi connectivity index (χ1n) is 11.8. The number of ether oxygens (including phenoxy) is 4. The molecule has 2 saturated heterocycles. The van der Waals surface area contributed by atoms with E-state index in [9.17, 15) is 14.7 Å². The van der Waals surface area contributed by atoms with Crippen molar-refractivity contribution in [1.29, 1.82) is 0 Å². The van der Waals surface area contributed by atoms with E-state index in [0.29, 0.717) is 54.7 Å². The maximum atomic E-state index is 13.4. The minimum atomic E-state index is -0.849. The molecule has 2 heterocycles. The van der Waals surface area contributed by atoms with Gasteiger partial charge in [-0.05, 0) is 48.9 Å². The Kier molecular flexibility index (Phi) is 7.81. The SMILES string of the molecule is COc1ccc(OC)c([C@@H]2C(=C(O)c3ccc(OC)c(C)c3)C(=O)C(=O)N2CCN2CCOCC2)c1. The lowest BCUT2D eigenvalue weighted by Gasteiger charge is -2.31. The Labute approximate surface area is 210 Å². The average Bonchev–Trinajstić information content (AvgIpc) is 3.16. The van der Waals surface area contributed by atoms with E-state index in [1.165, 1.54) is 12.0 Å². The number of aryl methyl sites for hydroxylation is 1. The van der Waals surface area contributed by atoms with E-state index in [2.05, 4.69) is 4.90 Å². The molecule has 2 fully saturated rings. The van der Waals surface area contributed by atoms with Crippen molar-refractivity contribution in [2.24, 2.45) is 0 Å². The van der Waals surface area contributed by atoms with Crippen LogP contribution in [0.1, 0.15) is 22.7 Å². The van der Waals surface area contributed by atoms with E-state index in [0.717, 1.165) is 18.7 Å². The maximum absolute atomic E-state index is 13.4. The van der Waals surface area contributed by atoms with Crippen LogP contribution in [0.2, 0.25) is 0 Å². The topological polar surface area (TPSA) is 97.8 Å². The highest BCUT2D eigenvalue weighted by Crippen LogP contribution is 2.44. The number of likely N-dealkylation sites (tertiary alicyclic amines) is 1. The van der Waals surface area contributed by atoms with Crippen LogP contribution in [0.4, 0.5) is 0 Å². The number of amides is 1. The summed E-state index contributed by atoms with van der Waals surface area (Å²) in [6.45, 7) is 5.48. The van der Waals surface area contributed by atoms with Crippen molar-refractivity contribution in [2.45, 2.75) is 13.0 Å². The normalized spacial score (nSPS) is 20.0. The van der Waals surface area contributed by atoms with Gasteiger partial charge in [-0.15, -0.1) is 0 Å². The van der Waals surface area contributed by atoms with Gasteiger partial charge in [0.05, 0.1) is 46.2 Å². The predicted molar refractivity (Wildman–Crippen MR) is 134 cm³/mol. The van der Waals surface area contributed by atoms with E-state index in [1.54, 1.807) is 50.6 Å². The number of aliphatic hydroxyl groups excluding tert-OH is 1. The fourth-order valence-corrected chi connectivity index (χ4v) is 4.74. The molecule has 9 nitrogen and oxygen atoms in total. The second-order valence-electron chi connectivity index (χ2n) is 8.74. The molecule has 0 unspecified atom stereocenters.